The zero-order valence-electron chi connectivity index (χ0n) is 11.4. The number of aliphatic imine (C=N–C) groups is 1. The molecular formula is C15H19N3O. The van der Waals surface area contributed by atoms with Gasteiger partial charge in [0, 0.05) is 30.6 Å². The molecule has 1 aliphatic rings. The van der Waals surface area contributed by atoms with E-state index in [-0.39, 0.29) is 0 Å². The highest BCUT2D eigenvalue weighted by Crippen LogP contribution is 2.25. The van der Waals surface area contributed by atoms with Crippen molar-refractivity contribution in [3.63, 3.8) is 0 Å². The second-order valence-corrected chi connectivity index (χ2v) is 4.98. The normalized spacial score (nSPS) is 15.8. The summed E-state index contributed by atoms with van der Waals surface area (Å²) in [6, 6.07) is 8.74. The van der Waals surface area contributed by atoms with Crippen molar-refractivity contribution < 1.29 is 4.42 Å². The SMILES string of the molecule is CN=C(NCc1c(C)oc2ccccc12)NC1CC1. The first-order valence-corrected chi connectivity index (χ1v) is 6.72. The third-order valence-electron chi connectivity index (χ3n) is 3.47. The molecule has 0 amide bonds. The zero-order valence-corrected chi connectivity index (χ0v) is 11.4. The number of furan rings is 1. The van der Waals surface area contributed by atoms with E-state index in [1.165, 1.54) is 23.8 Å². The van der Waals surface area contributed by atoms with Gasteiger partial charge in [0.05, 0.1) is 0 Å². The highest BCUT2D eigenvalue weighted by atomic mass is 16.3. The Hall–Kier alpha value is -1.97. The molecule has 1 aromatic heterocycles. The molecule has 19 heavy (non-hydrogen) atoms. The molecule has 2 aromatic rings. The fraction of sp³-hybridized carbons (Fsp3) is 0.400. The molecule has 0 aliphatic heterocycles. The lowest BCUT2D eigenvalue weighted by molar-refractivity contribution is 0.570. The minimum atomic E-state index is 0.605. The summed E-state index contributed by atoms with van der Waals surface area (Å²) >= 11 is 0. The molecule has 3 rings (SSSR count). The summed E-state index contributed by atoms with van der Waals surface area (Å²) in [7, 11) is 1.80. The predicted molar refractivity (Wildman–Crippen MR) is 77.3 cm³/mol. The molecule has 0 radical (unpaired) electrons. The van der Waals surface area contributed by atoms with E-state index in [0.717, 1.165) is 23.8 Å². The van der Waals surface area contributed by atoms with Crippen molar-refractivity contribution in [3.8, 4) is 0 Å². The largest absolute Gasteiger partial charge is 0.461 e. The van der Waals surface area contributed by atoms with E-state index in [4.69, 9.17) is 4.42 Å². The van der Waals surface area contributed by atoms with E-state index in [9.17, 15) is 0 Å². The Kier molecular flexibility index (Phi) is 3.15. The molecule has 1 heterocycles. The molecule has 1 fully saturated rings. The average Bonchev–Trinajstić information content (AvgIpc) is 3.17. The summed E-state index contributed by atoms with van der Waals surface area (Å²) in [5, 5.41) is 7.91. The van der Waals surface area contributed by atoms with Crippen molar-refractivity contribution in [1.29, 1.82) is 0 Å². The molecule has 4 heteroatoms. The number of nitrogens with one attached hydrogen (secondary N) is 2. The maximum atomic E-state index is 5.76. The molecule has 1 aliphatic carbocycles. The average molecular weight is 257 g/mol. The molecule has 0 saturated heterocycles. The molecule has 0 atom stereocenters. The summed E-state index contributed by atoms with van der Waals surface area (Å²) in [5.74, 6) is 1.84. The Labute approximate surface area is 112 Å². The van der Waals surface area contributed by atoms with Gasteiger partial charge in [-0.25, -0.2) is 0 Å². The van der Waals surface area contributed by atoms with Crippen LogP contribution >= 0.6 is 0 Å². The highest BCUT2D eigenvalue weighted by molar-refractivity contribution is 5.84. The lowest BCUT2D eigenvalue weighted by Gasteiger charge is -2.10. The summed E-state index contributed by atoms with van der Waals surface area (Å²) < 4.78 is 5.76. The second-order valence-electron chi connectivity index (χ2n) is 4.98. The fourth-order valence-electron chi connectivity index (χ4n) is 2.23. The van der Waals surface area contributed by atoms with E-state index in [2.05, 4.69) is 21.7 Å². The van der Waals surface area contributed by atoms with Gasteiger partial charge in [-0.3, -0.25) is 4.99 Å². The molecule has 0 unspecified atom stereocenters. The number of aryl methyl sites for hydroxylation is 1. The van der Waals surface area contributed by atoms with Gasteiger partial charge < -0.3 is 15.1 Å². The van der Waals surface area contributed by atoms with Gasteiger partial charge in [-0.15, -0.1) is 0 Å². The van der Waals surface area contributed by atoms with Crippen LogP contribution in [-0.2, 0) is 6.54 Å². The van der Waals surface area contributed by atoms with Gasteiger partial charge in [-0.2, -0.15) is 0 Å². The van der Waals surface area contributed by atoms with Crippen LogP contribution in [0.4, 0.5) is 0 Å². The van der Waals surface area contributed by atoms with Gasteiger partial charge in [0.1, 0.15) is 11.3 Å². The summed E-state index contributed by atoms with van der Waals surface area (Å²) in [4.78, 5) is 4.24. The van der Waals surface area contributed by atoms with Crippen molar-refractivity contribution in [2.24, 2.45) is 4.99 Å². The standard InChI is InChI=1S/C15H19N3O/c1-10-13(12-5-3-4-6-14(12)19-10)9-17-15(16-2)18-11-7-8-11/h3-6,11H,7-9H2,1-2H3,(H2,16,17,18). The Morgan fingerprint density at radius 3 is 2.89 bits per heavy atom. The van der Waals surface area contributed by atoms with Crippen LogP contribution in [0.5, 0.6) is 0 Å². The van der Waals surface area contributed by atoms with Crippen molar-refractivity contribution >= 4 is 16.9 Å². The Morgan fingerprint density at radius 1 is 1.37 bits per heavy atom. The number of benzene rings is 1. The molecule has 2 N–H and O–H groups in total. The Balaban J connectivity index is 1.75. The van der Waals surface area contributed by atoms with Crippen LogP contribution in [-0.4, -0.2) is 19.0 Å². The van der Waals surface area contributed by atoms with Gasteiger partial charge in [0.15, 0.2) is 5.96 Å². The first kappa shape index (κ1) is 12.1. The van der Waals surface area contributed by atoms with Crippen molar-refractivity contribution in [2.45, 2.75) is 32.4 Å². The zero-order chi connectivity index (χ0) is 13.2. The van der Waals surface area contributed by atoms with E-state index in [1.807, 2.05) is 25.1 Å². The molecule has 0 bridgehead atoms. The first-order valence-electron chi connectivity index (χ1n) is 6.72. The van der Waals surface area contributed by atoms with Crippen molar-refractivity contribution in [2.75, 3.05) is 7.05 Å². The quantitative estimate of drug-likeness (QED) is 0.656. The van der Waals surface area contributed by atoms with Crippen molar-refractivity contribution in [3.05, 3.63) is 35.6 Å². The second kappa shape index (κ2) is 4.96. The maximum Gasteiger partial charge on any atom is 0.191 e. The minimum absolute atomic E-state index is 0.605. The maximum absolute atomic E-state index is 5.76. The van der Waals surface area contributed by atoms with Crippen LogP contribution in [0, 0.1) is 6.92 Å². The van der Waals surface area contributed by atoms with Gasteiger partial charge in [-0.1, -0.05) is 18.2 Å². The van der Waals surface area contributed by atoms with E-state index < -0.39 is 0 Å². The van der Waals surface area contributed by atoms with Crippen molar-refractivity contribution in [1.82, 2.24) is 10.6 Å². The van der Waals surface area contributed by atoms with E-state index in [0.29, 0.717) is 6.04 Å². The number of fused-ring (bicyclic) bond motifs is 1. The van der Waals surface area contributed by atoms with Gasteiger partial charge >= 0.3 is 0 Å². The lowest BCUT2D eigenvalue weighted by Crippen LogP contribution is -2.38. The Bertz CT molecular complexity index is 611. The third-order valence-corrected chi connectivity index (χ3v) is 3.47. The fourth-order valence-corrected chi connectivity index (χ4v) is 2.23. The molecule has 1 saturated carbocycles. The summed E-state index contributed by atoms with van der Waals surface area (Å²) in [5.41, 5.74) is 2.15. The number of nitrogens with zero attached hydrogens (tertiary/aromatic N) is 1. The van der Waals surface area contributed by atoms with Gasteiger partial charge in [0.2, 0.25) is 0 Å². The number of guanidine groups is 1. The summed E-state index contributed by atoms with van der Waals surface area (Å²) in [6.45, 7) is 2.74. The highest BCUT2D eigenvalue weighted by Gasteiger charge is 2.22. The number of hydrogen-bond donors (Lipinski definition) is 2. The number of para-hydroxylation sites is 1. The molecule has 4 nitrogen and oxygen atoms in total. The monoisotopic (exact) mass is 257 g/mol. The molecule has 0 spiro atoms. The van der Waals surface area contributed by atoms with Gasteiger partial charge in [0.25, 0.3) is 0 Å². The third kappa shape index (κ3) is 2.57. The summed E-state index contributed by atoms with van der Waals surface area (Å²) in [6.07, 6.45) is 2.49. The van der Waals surface area contributed by atoms with E-state index in [1.54, 1.807) is 7.05 Å². The van der Waals surface area contributed by atoms with Gasteiger partial charge in [-0.05, 0) is 25.8 Å². The van der Waals surface area contributed by atoms with Crippen LogP contribution < -0.4 is 10.6 Å². The number of rotatable bonds is 3. The smallest absolute Gasteiger partial charge is 0.191 e. The molecule has 1 aromatic carbocycles. The minimum Gasteiger partial charge on any atom is -0.461 e. The Morgan fingerprint density at radius 2 is 2.16 bits per heavy atom. The van der Waals surface area contributed by atoms with Crippen LogP contribution in [0.25, 0.3) is 11.0 Å². The van der Waals surface area contributed by atoms with Crippen LogP contribution in [0.3, 0.4) is 0 Å². The predicted octanol–water partition coefficient (Wildman–Crippen LogP) is 2.57. The lowest BCUT2D eigenvalue weighted by atomic mass is 10.1. The van der Waals surface area contributed by atoms with E-state index >= 15 is 0 Å². The van der Waals surface area contributed by atoms with Crippen LogP contribution in [0.15, 0.2) is 33.7 Å². The first-order chi connectivity index (χ1) is 9.28. The molecular weight excluding hydrogens is 238 g/mol. The number of hydrogen-bond acceptors (Lipinski definition) is 2. The van der Waals surface area contributed by atoms with Crippen LogP contribution in [0.2, 0.25) is 0 Å². The topological polar surface area (TPSA) is 49.6 Å². The molecule has 100 valence electrons. The van der Waals surface area contributed by atoms with Crippen LogP contribution in [0.1, 0.15) is 24.2 Å².